The van der Waals surface area contributed by atoms with Crippen molar-refractivity contribution in [1.29, 1.82) is 0 Å². The number of ether oxygens (including phenoxy) is 6. The molecule has 0 spiro atoms. The maximum Gasteiger partial charge on any atom is 0.331 e. The van der Waals surface area contributed by atoms with Crippen LogP contribution in [0.3, 0.4) is 0 Å². The number of methoxy groups -OCH3 is 2. The van der Waals surface area contributed by atoms with Crippen LogP contribution in [0.4, 0.5) is 0 Å². The Labute approximate surface area is 393 Å². The highest BCUT2D eigenvalue weighted by molar-refractivity contribution is 6.74. The number of esters is 1. The van der Waals surface area contributed by atoms with Crippen molar-refractivity contribution < 1.29 is 42.7 Å². The van der Waals surface area contributed by atoms with Crippen LogP contribution in [0, 0.1) is 11.8 Å². The first-order valence-electron chi connectivity index (χ1n) is 23.0. The molecule has 65 heavy (non-hydrogen) atoms. The number of allylic oxidation sites excluding steroid dienone is 5. The molecule has 0 amide bonds. The Morgan fingerprint density at radius 1 is 0.862 bits per heavy atom. The van der Waals surface area contributed by atoms with E-state index in [4.69, 9.17) is 32.8 Å². The Bertz CT molecular complexity index is 1920. The Hall–Kier alpha value is -4.29. The summed E-state index contributed by atoms with van der Waals surface area (Å²) in [7, 11) is 0.743. The maximum absolute atomic E-state index is 13.5. The van der Waals surface area contributed by atoms with E-state index in [1.807, 2.05) is 73.7 Å². The zero-order valence-corrected chi connectivity index (χ0v) is 42.4. The average molecular weight is 913 g/mol. The van der Waals surface area contributed by atoms with Crippen molar-refractivity contribution in [3.8, 4) is 11.5 Å². The monoisotopic (exact) mass is 913 g/mol. The number of aliphatic hydroxyl groups excluding tert-OH is 1. The van der Waals surface area contributed by atoms with Gasteiger partial charge in [-0.15, -0.1) is 13.2 Å². The lowest BCUT2D eigenvalue weighted by molar-refractivity contribution is -0.146. The first kappa shape index (κ1) is 55.0. The van der Waals surface area contributed by atoms with Gasteiger partial charge >= 0.3 is 5.97 Å². The molecular weight excluding hydrogens is 833 g/mol. The lowest BCUT2D eigenvalue weighted by Gasteiger charge is -2.43. The molecule has 0 bridgehead atoms. The summed E-state index contributed by atoms with van der Waals surface area (Å²) >= 11 is 0. The van der Waals surface area contributed by atoms with E-state index in [1.54, 1.807) is 14.2 Å². The number of carbonyl (C=O) groups excluding carboxylic acids is 1. The Morgan fingerprint density at radius 3 is 1.91 bits per heavy atom. The SMILES string of the molecule is C=CCC(=C)C[C@H](C)[C@@H](OC(=O)/C=C(C)/C=C/CC(=C)[C@H](O[Si](C)(C)C(C)(C)C)[C@@H](OCc1ccc(OC)cc1)C(=C)[C@H](OCc1ccc(OC)cc1)[C@@H](O)C=C)[C@@H]1O[C@H]1[C@@H](C)CCC. The minimum Gasteiger partial charge on any atom is -0.497 e. The van der Waals surface area contributed by atoms with Gasteiger partial charge in [-0.05, 0) is 115 Å². The van der Waals surface area contributed by atoms with Gasteiger partial charge in [-0.25, -0.2) is 4.79 Å². The fourth-order valence-electron chi connectivity index (χ4n) is 7.53. The van der Waals surface area contributed by atoms with Crippen LogP contribution >= 0.6 is 0 Å². The molecule has 0 aliphatic carbocycles. The van der Waals surface area contributed by atoms with E-state index in [-0.39, 0.29) is 36.4 Å². The summed E-state index contributed by atoms with van der Waals surface area (Å²) in [5, 5.41) is 11.3. The van der Waals surface area contributed by atoms with Crippen LogP contribution < -0.4 is 9.47 Å². The van der Waals surface area contributed by atoms with Gasteiger partial charge in [-0.2, -0.15) is 0 Å². The summed E-state index contributed by atoms with van der Waals surface area (Å²) in [6.07, 6.45) is 8.63. The third-order valence-electron chi connectivity index (χ3n) is 12.5. The normalized spacial score (nSPS) is 18.7. The van der Waals surface area contributed by atoms with E-state index >= 15 is 0 Å². The lowest BCUT2D eigenvalue weighted by Crippen LogP contribution is -2.50. The van der Waals surface area contributed by atoms with Gasteiger partial charge in [0.2, 0.25) is 0 Å². The van der Waals surface area contributed by atoms with Crippen molar-refractivity contribution in [2.75, 3.05) is 14.2 Å². The number of hydrogen-bond acceptors (Lipinski definition) is 9. The van der Waals surface area contributed by atoms with Crippen molar-refractivity contribution >= 4 is 14.3 Å². The van der Waals surface area contributed by atoms with Gasteiger partial charge in [-0.1, -0.05) is 122 Å². The molecule has 9 nitrogen and oxygen atoms in total. The molecule has 0 aromatic heterocycles. The number of rotatable bonds is 30. The third kappa shape index (κ3) is 17.1. The van der Waals surface area contributed by atoms with Gasteiger partial charge < -0.3 is 38.0 Å². The molecular formula is C55H80O9Si. The molecule has 9 atom stereocenters. The van der Waals surface area contributed by atoms with Crippen molar-refractivity contribution in [3.05, 3.63) is 145 Å². The second-order valence-corrected chi connectivity index (χ2v) is 23.8. The Morgan fingerprint density at radius 2 is 1.42 bits per heavy atom. The smallest absolute Gasteiger partial charge is 0.331 e. The molecule has 1 aliphatic heterocycles. The van der Waals surface area contributed by atoms with E-state index in [1.165, 1.54) is 12.2 Å². The minimum absolute atomic E-state index is 0.0234. The molecule has 1 fully saturated rings. The van der Waals surface area contributed by atoms with Crippen molar-refractivity contribution in [3.63, 3.8) is 0 Å². The zero-order valence-electron chi connectivity index (χ0n) is 41.4. The fourth-order valence-corrected chi connectivity index (χ4v) is 8.81. The summed E-state index contributed by atoms with van der Waals surface area (Å²) in [6, 6.07) is 15.2. The Balaban J connectivity index is 1.95. The van der Waals surface area contributed by atoms with Crippen LogP contribution in [-0.2, 0) is 41.4 Å². The summed E-state index contributed by atoms with van der Waals surface area (Å²) in [4.78, 5) is 13.5. The molecule has 2 aromatic carbocycles. The molecule has 1 N–H and O–H groups in total. The lowest BCUT2D eigenvalue weighted by atomic mass is 9.89. The second-order valence-electron chi connectivity index (χ2n) is 19.1. The van der Waals surface area contributed by atoms with Crippen molar-refractivity contribution in [2.45, 2.75) is 155 Å². The van der Waals surface area contributed by atoms with Gasteiger partial charge in [0.15, 0.2) is 8.32 Å². The number of carbonyl (C=O) groups is 1. The molecule has 3 rings (SSSR count). The van der Waals surface area contributed by atoms with Gasteiger partial charge in [0.1, 0.15) is 42.0 Å². The van der Waals surface area contributed by atoms with Crippen LogP contribution in [0.2, 0.25) is 18.1 Å². The topological polar surface area (TPSA) is 105 Å². The summed E-state index contributed by atoms with van der Waals surface area (Å²) in [5.74, 6) is 1.44. The molecule has 1 saturated heterocycles. The van der Waals surface area contributed by atoms with Gasteiger partial charge in [0, 0.05) is 6.08 Å². The number of benzene rings is 2. The second kappa shape index (κ2) is 26.2. The van der Waals surface area contributed by atoms with E-state index in [9.17, 15) is 9.90 Å². The summed E-state index contributed by atoms with van der Waals surface area (Å²) in [5.41, 5.74) is 4.77. The predicted octanol–water partition coefficient (Wildman–Crippen LogP) is 12.4. The van der Waals surface area contributed by atoms with Crippen LogP contribution in [0.25, 0.3) is 0 Å². The van der Waals surface area contributed by atoms with Gasteiger partial charge in [-0.3, -0.25) is 0 Å². The molecule has 1 aliphatic rings. The van der Waals surface area contributed by atoms with Crippen LogP contribution in [-0.4, -0.2) is 76.3 Å². The summed E-state index contributed by atoms with van der Waals surface area (Å²) in [6.45, 7) is 40.7. The first-order valence-corrected chi connectivity index (χ1v) is 25.9. The quantitative estimate of drug-likeness (QED) is 0.0205. The highest BCUT2D eigenvalue weighted by Crippen LogP contribution is 2.41. The third-order valence-corrected chi connectivity index (χ3v) is 17.0. The van der Waals surface area contributed by atoms with Crippen LogP contribution in [0.5, 0.6) is 11.5 Å². The molecule has 358 valence electrons. The van der Waals surface area contributed by atoms with E-state index < -0.39 is 44.8 Å². The Kier molecular flexibility index (Phi) is 22.1. The highest BCUT2D eigenvalue weighted by Gasteiger charge is 2.51. The van der Waals surface area contributed by atoms with Gasteiger partial charge in [0.25, 0.3) is 0 Å². The molecule has 2 aromatic rings. The maximum atomic E-state index is 13.5. The fraction of sp³-hybridized carbons (Fsp3) is 0.509. The number of epoxide rings is 1. The van der Waals surface area contributed by atoms with E-state index in [0.717, 1.165) is 52.2 Å². The zero-order chi connectivity index (χ0) is 48.5. The molecule has 0 unspecified atom stereocenters. The van der Waals surface area contributed by atoms with Crippen molar-refractivity contribution in [2.24, 2.45) is 11.8 Å². The summed E-state index contributed by atoms with van der Waals surface area (Å²) < 4.78 is 43.6. The molecule has 0 radical (unpaired) electrons. The largest absolute Gasteiger partial charge is 0.497 e. The standard InChI is InChI=1S/C55H80O9Si/c1-17-21-37(4)33-41(8)50(54-49(63-54)39(6)22-18-2)62-48(57)34-38(5)23-20-24-40(7)51(64-65(15,16)55(10,11)12)53(61-36-44-27-31-46(59-14)32-28-44)42(9)52(47(56)19-3)60-35-43-25-29-45(58-13)30-26-43/h17,19-20,23,25-32,34,39,41,47,49-54,56H,1,3-4,7,9,18,21-22,24,33,35-36H2,2,5-6,8,10-16H3/b23-20+,38-34+/t39-,41-,47-,49-,50+,51-,52-,53-,54+/m0/s1. The van der Waals surface area contributed by atoms with Crippen molar-refractivity contribution in [1.82, 2.24) is 0 Å². The minimum atomic E-state index is -2.51. The van der Waals surface area contributed by atoms with Gasteiger partial charge in [0.05, 0.1) is 39.6 Å². The van der Waals surface area contributed by atoms with Crippen LogP contribution in [0.15, 0.2) is 134 Å². The number of hydrogen-bond donors (Lipinski definition) is 1. The molecule has 0 saturated carbocycles. The molecule has 1 heterocycles. The van der Waals surface area contributed by atoms with Crippen LogP contribution in [0.1, 0.15) is 91.7 Å². The first-order chi connectivity index (χ1) is 30.7. The average Bonchev–Trinajstić information content (AvgIpc) is 4.06. The van der Waals surface area contributed by atoms with E-state index in [0.29, 0.717) is 30.8 Å². The predicted molar refractivity (Wildman–Crippen MR) is 268 cm³/mol. The highest BCUT2D eigenvalue weighted by atomic mass is 28.4. The number of aliphatic hydroxyl groups is 1. The molecule has 10 heteroatoms. The van der Waals surface area contributed by atoms with E-state index in [2.05, 4.69) is 87.5 Å².